The third-order valence-corrected chi connectivity index (χ3v) is 3.53. The van der Waals surface area contributed by atoms with E-state index < -0.39 is 0 Å². The lowest BCUT2D eigenvalue weighted by molar-refractivity contribution is -0.126. The SMILES string of the molecule is CCC1CC(C(C)=O)CC(C(C)=O)C1. The molecule has 0 N–H and O–H groups in total. The predicted molar refractivity (Wildman–Crippen MR) is 56.0 cm³/mol. The number of hydrogen-bond donors (Lipinski definition) is 0. The molecule has 1 aliphatic carbocycles. The summed E-state index contributed by atoms with van der Waals surface area (Å²) in [5.41, 5.74) is 0. The zero-order chi connectivity index (χ0) is 10.7. The van der Waals surface area contributed by atoms with Crippen molar-refractivity contribution in [1.29, 1.82) is 0 Å². The molecule has 0 aromatic rings. The number of carbonyl (C=O) groups is 2. The molecule has 0 heterocycles. The highest BCUT2D eigenvalue weighted by Crippen LogP contribution is 2.35. The fourth-order valence-corrected chi connectivity index (χ4v) is 2.43. The van der Waals surface area contributed by atoms with Gasteiger partial charge in [-0.25, -0.2) is 0 Å². The minimum atomic E-state index is 0.141. The Morgan fingerprint density at radius 3 is 1.71 bits per heavy atom. The zero-order valence-corrected chi connectivity index (χ0v) is 9.38. The van der Waals surface area contributed by atoms with E-state index in [1.165, 1.54) is 0 Å². The van der Waals surface area contributed by atoms with Crippen molar-refractivity contribution in [3.05, 3.63) is 0 Å². The normalized spacial score (nSPS) is 32.6. The van der Waals surface area contributed by atoms with Crippen LogP contribution in [0.4, 0.5) is 0 Å². The van der Waals surface area contributed by atoms with Crippen molar-refractivity contribution in [3.63, 3.8) is 0 Å². The molecule has 0 saturated heterocycles. The van der Waals surface area contributed by atoms with Crippen LogP contribution >= 0.6 is 0 Å². The molecular weight excluding hydrogens is 176 g/mol. The molecule has 0 radical (unpaired) electrons. The van der Waals surface area contributed by atoms with Crippen LogP contribution in [-0.2, 0) is 9.59 Å². The highest BCUT2D eigenvalue weighted by Gasteiger charge is 2.32. The molecule has 1 rings (SSSR count). The maximum absolute atomic E-state index is 11.3. The minimum absolute atomic E-state index is 0.141. The monoisotopic (exact) mass is 196 g/mol. The van der Waals surface area contributed by atoms with Crippen LogP contribution in [0.5, 0.6) is 0 Å². The van der Waals surface area contributed by atoms with Crippen LogP contribution in [0, 0.1) is 17.8 Å². The van der Waals surface area contributed by atoms with Gasteiger partial charge in [0.05, 0.1) is 0 Å². The summed E-state index contributed by atoms with van der Waals surface area (Å²) >= 11 is 0. The predicted octanol–water partition coefficient (Wildman–Crippen LogP) is 2.61. The van der Waals surface area contributed by atoms with E-state index in [4.69, 9.17) is 0 Å². The van der Waals surface area contributed by atoms with Gasteiger partial charge in [0.25, 0.3) is 0 Å². The zero-order valence-electron chi connectivity index (χ0n) is 9.38. The van der Waals surface area contributed by atoms with Crippen LogP contribution in [-0.4, -0.2) is 11.6 Å². The molecule has 2 atom stereocenters. The molecule has 1 saturated carbocycles. The van der Waals surface area contributed by atoms with Crippen molar-refractivity contribution in [2.75, 3.05) is 0 Å². The Bertz CT molecular complexity index is 210. The van der Waals surface area contributed by atoms with E-state index in [0.29, 0.717) is 5.92 Å². The van der Waals surface area contributed by atoms with Gasteiger partial charge in [0.1, 0.15) is 11.6 Å². The summed E-state index contributed by atoms with van der Waals surface area (Å²) in [5, 5.41) is 0. The fraction of sp³-hybridized carbons (Fsp3) is 0.833. The van der Waals surface area contributed by atoms with Gasteiger partial charge in [-0.3, -0.25) is 9.59 Å². The van der Waals surface area contributed by atoms with Crippen molar-refractivity contribution < 1.29 is 9.59 Å². The topological polar surface area (TPSA) is 34.1 Å². The summed E-state index contributed by atoms with van der Waals surface area (Å²) in [4.78, 5) is 22.6. The molecule has 0 aromatic carbocycles. The molecule has 0 aromatic heterocycles. The Hall–Kier alpha value is -0.660. The Morgan fingerprint density at radius 2 is 1.43 bits per heavy atom. The van der Waals surface area contributed by atoms with Crippen molar-refractivity contribution in [2.24, 2.45) is 17.8 Å². The van der Waals surface area contributed by atoms with Gasteiger partial charge in [-0.2, -0.15) is 0 Å². The number of ketones is 2. The number of Topliss-reactive ketones (excluding diaryl/α,β-unsaturated/α-hetero) is 2. The lowest BCUT2D eigenvalue weighted by Crippen LogP contribution is -2.30. The Balaban J connectivity index is 2.66. The van der Waals surface area contributed by atoms with E-state index in [-0.39, 0.29) is 23.4 Å². The molecule has 0 amide bonds. The average molecular weight is 196 g/mol. The van der Waals surface area contributed by atoms with Crippen LogP contribution in [0.15, 0.2) is 0 Å². The van der Waals surface area contributed by atoms with Crippen molar-refractivity contribution in [2.45, 2.75) is 46.5 Å². The minimum Gasteiger partial charge on any atom is -0.300 e. The standard InChI is InChI=1S/C12H20O2/c1-4-10-5-11(8(2)13)7-12(6-10)9(3)14/h10-12H,4-7H2,1-3H3. The molecule has 0 bridgehead atoms. The van der Waals surface area contributed by atoms with Gasteiger partial charge in [0.15, 0.2) is 0 Å². The lowest BCUT2D eigenvalue weighted by Gasteiger charge is -2.32. The largest absolute Gasteiger partial charge is 0.300 e. The number of carbonyl (C=O) groups excluding carboxylic acids is 2. The number of rotatable bonds is 3. The molecule has 0 spiro atoms. The Labute approximate surface area is 86.1 Å². The fourth-order valence-electron chi connectivity index (χ4n) is 2.43. The first-order valence-electron chi connectivity index (χ1n) is 5.55. The van der Waals surface area contributed by atoms with Crippen molar-refractivity contribution in [1.82, 2.24) is 0 Å². The van der Waals surface area contributed by atoms with E-state index in [0.717, 1.165) is 25.7 Å². The van der Waals surface area contributed by atoms with Gasteiger partial charge in [-0.1, -0.05) is 13.3 Å². The van der Waals surface area contributed by atoms with E-state index in [2.05, 4.69) is 6.92 Å². The summed E-state index contributed by atoms with van der Waals surface area (Å²) in [5.74, 6) is 1.38. The average Bonchev–Trinajstić information content (AvgIpc) is 2.16. The highest BCUT2D eigenvalue weighted by molar-refractivity contribution is 5.82. The quantitative estimate of drug-likeness (QED) is 0.695. The lowest BCUT2D eigenvalue weighted by atomic mass is 9.72. The Morgan fingerprint density at radius 1 is 1.00 bits per heavy atom. The van der Waals surface area contributed by atoms with E-state index in [1.54, 1.807) is 13.8 Å². The number of hydrogen-bond acceptors (Lipinski definition) is 2. The van der Waals surface area contributed by atoms with E-state index in [1.807, 2.05) is 0 Å². The molecular formula is C12H20O2. The summed E-state index contributed by atoms with van der Waals surface area (Å²) in [7, 11) is 0. The van der Waals surface area contributed by atoms with E-state index >= 15 is 0 Å². The van der Waals surface area contributed by atoms with E-state index in [9.17, 15) is 9.59 Å². The molecule has 0 aliphatic heterocycles. The maximum atomic E-state index is 11.3. The third-order valence-electron chi connectivity index (χ3n) is 3.53. The highest BCUT2D eigenvalue weighted by atomic mass is 16.1. The second-order valence-corrected chi connectivity index (χ2v) is 4.60. The third kappa shape index (κ3) is 2.66. The second-order valence-electron chi connectivity index (χ2n) is 4.60. The Kier molecular flexibility index (Phi) is 3.85. The maximum Gasteiger partial charge on any atom is 0.132 e. The van der Waals surface area contributed by atoms with Gasteiger partial charge in [0, 0.05) is 11.8 Å². The van der Waals surface area contributed by atoms with Gasteiger partial charge in [-0.05, 0) is 39.0 Å². The molecule has 1 fully saturated rings. The first kappa shape index (κ1) is 11.4. The molecule has 14 heavy (non-hydrogen) atoms. The smallest absolute Gasteiger partial charge is 0.132 e. The van der Waals surface area contributed by atoms with Crippen LogP contribution < -0.4 is 0 Å². The van der Waals surface area contributed by atoms with Gasteiger partial charge in [-0.15, -0.1) is 0 Å². The van der Waals surface area contributed by atoms with Gasteiger partial charge < -0.3 is 0 Å². The first-order valence-corrected chi connectivity index (χ1v) is 5.55. The van der Waals surface area contributed by atoms with Crippen molar-refractivity contribution >= 4 is 11.6 Å². The molecule has 80 valence electrons. The van der Waals surface area contributed by atoms with Gasteiger partial charge in [0.2, 0.25) is 0 Å². The second kappa shape index (κ2) is 4.72. The van der Waals surface area contributed by atoms with Crippen LogP contribution in [0.2, 0.25) is 0 Å². The molecule has 1 aliphatic rings. The summed E-state index contributed by atoms with van der Waals surface area (Å²) in [6.07, 6.45) is 3.87. The molecule has 2 heteroatoms. The summed E-state index contributed by atoms with van der Waals surface area (Å²) in [6.45, 7) is 5.45. The summed E-state index contributed by atoms with van der Waals surface area (Å²) < 4.78 is 0. The van der Waals surface area contributed by atoms with Gasteiger partial charge >= 0.3 is 0 Å². The van der Waals surface area contributed by atoms with Crippen LogP contribution in [0.3, 0.4) is 0 Å². The van der Waals surface area contributed by atoms with Crippen LogP contribution in [0.1, 0.15) is 46.5 Å². The molecule has 2 unspecified atom stereocenters. The molecule has 2 nitrogen and oxygen atoms in total. The van der Waals surface area contributed by atoms with Crippen molar-refractivity contribution in [3.8, 4) is 0 Å². The van der Waals surface area contributed by atoms with Crippen LogP contribution in [0.25, 0.3) is 0 Å². The summed E-state index contributed by atoms with van der Waals surface area (Å²) in [6, 6.07) is 0. The first-order chi connectivity index (χ1) is 6.54.